The summed E-state index contributed by atoms with van der Waals surface area (Å²) in [6.45, 7) is 0. The maximum Gasteiger partial charge on any atom is 0.126 e. The van der Waals surface area contributed by atoms with Crippen molar-refractivity contribution >= 4 is 0 Å². The summed E-state index contributed by atoms with van der Waals surface area (Å²) in [4.78, 5) is 0. The van der Waals surface area contributed by atoms with E-state index in [9.17, 15) is 4.39 Å². The number of rotatable bonds is 5. The van der Waals surface area contributed by atoms with Crippen molar-refractivity contribution in [1.29, 1.82) is 0 Å². The van der Waals surface area contributed by atoms with E-state index in [4.69, 9.17) is 5.84 Å². The van der Waals surface area contributed by atoms with Crippen molar-refractivity contribution in [2.45, 2.75) is 51.0 Å². The maximum absolute atomic E-state index is 13.6. The van der Waals surface area contributed by atoms with Crippen LogP contribution in [-0.4, -0.2) is 6.04 Å². The lowest BCUT2D eigenvalue weighted by Crippen LogP contribution is -2.38. The molecule has 0 radical (unpaired) electrons. The number of benzene rings is 1. The van der Waals surface area contributed by atoms with Crippen molar-refractivity contribution in [1.82, 2.24) is 5.43 Å². The van der Waals surface area contributed by atoms with Crippen LogP contribution in [0.4, 0.5) is 4.39 Å². The van der Waals surface area contributed by atoms with Gasteiger partial charge in [-0.2, -0.15) is 0 Å². The van der Waals surface area contributed by atoms with Crippen LogP contribution in [0.5, 0.6) is 0 Å². The molecular weight excluding hydrogens is 227 g/mol. The third kappa shape index (κ3) is 3.79. The molecule has 1 aromatic rings. The number of halogens is 1. The van der Waals surface area contributed by atoms with Crippen LogP contribution < -0.4 is 11.3 Å². The molecule has 1 atom stereocenters. The van der Waals surface area contributed by atoms with Crippen LogP contribution >= 0.6 is 0 Å². The summed E-state index contributed by atoms with van der Waals surface area (Å²) in [5, 5.41) is 0. The molecule has 18 heavy (non-hydrogen) atoms. The van der Waals surface area contributed by atoms with E-state index in [0.29, 0.717) is 6.42 Å². The largest absolute Gasteiger partial charge is 0.271 e. The number of nitrogens with one attached hydrogen (secondary N) is 1. The van der Waals surface area contributed by atoms with E-state index in [1.54, 1.807) is 6.07 Å². The van der Waals surface area contributed by atoms with E-state index in [1.165, 1.54) is 38.2 Å². The Labute approximate surface area is 109 Å². The van der Waals surface area contributed by atoms with Crippen molar-refractivity contribution in [2.75, 3.05) is 0 Å². The molecule has 100 valence electrons. The third-order valence-electron chi connectivity index (χ3n) is 4.00. The van der Waals surface area contributed by atoms with Crippen molar-refractivity contribution in [3.8, 4) is 0 Å². The standard InChI is InChI=1S/C15H23FN2/c16-15-9-5-4-8-13(15)11-14(18-17)10-12-6-2-1-3-7-12/h4-5,8-9,12,14,18H,1-3,6-7,10-11,17H2. The number of nitrogens with two attached hydrogens (primary N) is 1. The van der Waals surface area contributed by atoms with Crippen LogP contribution in [0, 0.1) is 11.7 Å². The number of hydrogen-bond donors (Lipinski definition) is 2. The second-order valence-electron chi connectivity index (χ2n) is 5.40. The Hall–Kier alpha value is -0.930. The Morgan fingerprint density at radius 3 is 2.61 bits per heavy atom. The van der Waals surface area contributed by atoms with Crippen LogP contribution in [0.3, 0.4) is 0 Å². The van der Waals surface area contributed by atoms with Crippen molar-refractivity contribution < 1.29 is 4.39 Å². The first-order chi connectivity index (χ1) is 8.79. The van der Waals surface area contributed by atoms with Crippen molar-refractivity contribution in [2.24, 2.45) is 11.8 Å². The van der Waals surface area contributed by atoms with Gasteiger partial charge in [-0.1, -0.05) is 50.3 Å². The predicted molar refractivity (Wildman–Crippen MR) is 72.4 cm³/mol. The van der Waals surface area contributed by atoms with Crippen molar-refractivity contribution in [3.63, 3.8) is 0 Å². The average Bonchev–Trinajstić information content (AvgIpc) is 2.41. The summed E-state index contributed by atoms with van der Waals surface area (Å²) in [7, 11) is 0. The van der Waals surface area contributed by atoms with E-state index in [2.05, 4.69) is 5.43 Å². The van der Waals surface area contributed by atoms with Gasteiger partial charge in [0.2, 0.25) is 0 Å². The fraction of sp³-hybridized carbons (Fsp3) is 0.600. The van der Waals surface area contributed by atoms with E-state index < -0.39 is 0 Å². The highest BCUT2D eigenvalue weighted by atomic mass is 19.1. The molecule has 2 nitrogen and oxygen atoms in total. The summed E-state index contributed by atoms with van der Waals surface area (Å²) in [6, 6.07) is 7.16. The molecule has 2 rings (SSSR count). The van der Waals surface area contributed by atoms with Gasteiger partial charge >= 0.3 is 0 Å². The average molecular weight is 250 g/mol. The summed E-state index contributed by atoms with van der Waals surface area (Å²) in [6.07, 6.45) is 8.38. The molecule has 1 aromatic carbocycles. The van der Waals surface area contributed by atoms with Crippen LogP contribution in [0.2, 0.25) is 0 Å². The normalized spacial score (nSPS) is 18.8. The van der Waals surface area contributed by atoms with Gasteiger partial charge in [-0.3, -0.25) is 11.3 Å². The zero-order valence-corrected chi connectivity index (χ0v) is 10.9. The molecule has 1 aliphatic carbocycles. The van der Waals surface area contributed by atoms with Crippen LogP contribution in [0.15, 0.2) is 24.3 Å². The van der Waals surface area contributed by atoms with Crippen LogP contribution in [0.25, 0.3) is 0 Å². The Balaban J connectivity index is 1.90. The van der Waals surface area contributed by atoms with Gasteiger partial charge in [0.25, 0.3) is 0 Å². The summed E-state index contributed by atoms with van der Waals surface area (Å²) in [5.74, 6) is 6.25. The lowest BCUT2D eigenvalue weighted by Gasteiger charge is -2.26. The van der Waals surface area contributed by atoms with Gasteiger partial charge in [0.15, 0.2) is 0 Å². The first-order valence-corrected chi connectivity index (χ1v) is 6.99. The van der Waals surface area contributed by atoms with Gasteiger partial charge in [0.05, 0.1) is 0 Å². The van der Waals surface area contributed by atoms with Gasteiger partial charge in [0, 0.05) is 6.04 Å². The molecule has 0 amide bonds. The predicted octanol–water partition coefficient (Wildman–Crippen LogP) is 3.17. The molecule has 0 aliphatic heterocycles. The summed E-state index contributed by atoms with van der Waals surface area (Å²) < 4.78 is 13.6. The van der Waals surface area contributed by atoms with Gasteiger partial charge < -0.3 is 0 Å². The zero-order chi connectivity index (χ0) is 12.8. The summed E-state index contributed by atoms with van der Waals surface area (Å²) in [5.41, 5.74) is 3.62. The lowest BCUT2D eigenvalue weighted by atomic mass is 9.84. The second kappa shape index (κ2) is 6.86. The van der Waals surface area contributed by atoms with Gasteiger partial charge in [0.1, 0.15) is 5.82 Å². The minimum absolute atomic E-state index is 0.124. The van der Waals surface area contributed by atoms with E-state index in [0.717, 1.165) is 17.9 Å². The smallest absolute Gasteiger partial charge is 0.126 e. The Kier molecular flexibility index (Phi) is 5.14. The maximum atomic E-state index is 13.6. The fourth-order valence-electron chi connectivity index (χ4n) is 2.96. The highest BCUT2D eigenvalue weighted by molar-refractivity contribution is 5.18. The first-order valence-electron chi connectivity index (χ1n) is 6.99. The molecule has 0 heterocycles. The Bertz CT molecular complexity index is 361. The molecule has 1 aliphatic rings. The molecule has 0 aromatic heterocycles. The first kappa shape index (κ1) is 13.5. The van der Waals surface area contributed by atoms with Gasteiger partial charge in [-0.25, -0.2) is 4.39 Å². The minimum atomic E-state index is -0.124. The highest BCUT2D eigenvalue weighted by Crippen LogP contribution is 2.28. The molecule has 3 N–H and O–H groups in total. The topological polar surface area (TPSA) is 38.0 Å². The monoisotopic (exact) mass is 250 g/mol. The molecule has 0 spiro atoms. The Morgan fingerprint density at radius 1 is 1.22 bits per heavy atom. The molecule has 0 saturated heterocycles. The highest BCUT2D eigenvalue weighted by Gasteiger charge is 2.19. The van der Waals surface area contributed by atoms with Crippen LogP contribution in [-0.2, 0) is 6.42 Å². The van der Waals surface area contributed by atoms with E-state index >= 15 is 0 Å². The second-order valence-corrected chi connectivity index (χ2v) is 5.40. The van der Waals surface area contributed by atoms with E-state index in [1.807, 2.05) is 12.1 Å². The third-order valence-corrected chi connectivity index (χ3v) is 4.00. The van der Waals surface area contributed by atoms with Gasteiger partial charge in [-0.05, 0) is 30.4 Å². The molecule has 0 bridgehead atoms. The number of hydrogen-bond acceptors (Lipinski definition) is 2. The molecule has 1 unspecified atom stereocenters. The molecule has 1 saturated carbocycles. The molecular formula is C15H23FN2. The summed E-state index contributed by atoms with van der Waals surface area (Å²) >= 11 is 0. The number of hydrazine groups is 1. The lowest BCUT2D eigenvalue weighted by molar-refractivity contribution is 0.297. The molecule has 3 heteroatoms. The zero-order valence-electron chi connectivity index (χ0n) is 10.9. The Morgan fingerprint density at radius 2 is 1.94 bits per heavy atom. The fourth-order valence-corrected chi connectivity index (χ4v) is 2.96. The van der Waals surface area contributed by atoms with Crippen LogP contribution in [0.1, 0.15) is 44.1 Å². The van der Waals surface area contributed by atoms with E-state index in [-0.39, 0.29) is 11.9 Å². The van der Waals surface area contributed by atoms with Crippen molar-refractivity contribution in [3.05, 3.63) is 35.6 Å². The minimum Gasteiger partial charge on any atom is -0.271 e. The molecule has 1 fully saturated rings. The van der Waals surface area contributed by atoms with Gasteiger partial charge in [-0.15, -0.1) is 0 Å². The SMILES string of the molecule is NNC(Cc1ccccc1F)CC1CCCCC1. The quantitative estimate of drug-likeness (QED) is 0.622.